The number of aryl methyl sites for hydroxylation is 1. The maximum Gasteiger partial charge on any atom is 0.239 e. The van der Waals surface area contributed by atoms with E-state index in [-0.39, 0.29) is 0 Å². The van der Waals surface area contributed by atoms with Gasteiger partial charge in [-0.05, 0) is 26.0 Å². The number of carbonyl (C=O) groups excluding carboxylic acids is 1. The Morgan fingerprint density at radius 1 is 1.47 bits per heavy atom. The first-order valence-electron chi connectivity index (χ1n) is 5.86. The Kier molecular flexibility index (Phi) is 3.76. The number of primary amides is 1. The van der Waals surface area contributed by atoms with Gasteiger partial charge < -0.3 is 11.1 Å². The second-order valence-corrected chi connectivity index (χ2v) is 4.71. The zero-order valence-electron chi connectivity index (χ0n) is 10.7. The first-order valence-corrected chi connectivity index (χ1v) is 6.24. The first-order chi connectivity index (χ1) is 8.99. The van der Waals surface area contributed by atoms with Crippen LogP contribution < -0.4 is 11.1 Å². The maximum absolute atomic E-state index is 11.0. The van der Waals surface area contributed by atoms with Gasteiger partial charge in [-0.3, -0.25) is 4.79 Å². The Balaban J connectivity index is 2.32. The van der Waals surface area contributed by atoms with Gasteiger partial charge in [-0.2, -0.15) is 5.10 Å². The fraction of sp³-hybridized carbons (Fsp3) is 0.231. The van der Waals surface area contributed by atoms with Crippen molar-refractivity contribution in [1.82, 2.24) is 9.78 Å². The predicted octanol–water partition coefficient (Wildman–Crippen LogP) is 2.12. The summed E-state index contributed by atoms with van der Waals surface area (Å²) >= 11 is 6.14. The van der Waals surface area contributed by atoms with Gasteiger partial charge in [0.2, 0.25) is 5.91 Å². The molecule has 0 aliphatic carbocycles. The topological polar surface area (TPSA) is 72.9 Å². The summed E-state index contributed by atoms with van der Waals surface area (Å²) in [4.78, 5) is 11.0. The minimum absolute atomic E-state index is 0.426. The Hall–Kier alpha value is -2.01. The van der Waals surface area contributed by atoms with Gasteiger partial charge >= 0.3 is 0 Å². The lowest BCUT2D eigenvalue weighted by atomic mass is 10.3. The molecule has 3 N–H and O–H groups in total. The highest BCUT2D eigenvalue weighted by molar-refractivity contribution is 6.32. The van der Waals surface area contributed by atoms with Gasteiger partial charge in [-0.1, -0.05) is 23.7 Å². The summed E-state index contributed by atoms with van der Waals surface area (Å²) in [6.45, 7) is 3.60. The van der Waals surface area contributed by atoms with Crippen molar-refractivity contribution in [3.05, 3.63) is 41.0 Å². The molecule has 0 saturated carbocycles. The van der Waals surface area contributed by atoms with Crippen molar-refractivity contribution in [1.29, 1.82) is 0 Å². The van der Waals surface area contributed by atoms with Crippen molar-refractivity contribution in [3.63, 3.8) is 0 Å². The van der Waals surface area contributed by atoms with Crippen LogP contribution >= 0.6 is 11.6 Å². The average molecular weight is 279 g/mol. The monoisotopic (exact) mass is 278 g/mol. The number of aromatic nitrogens is 2. The molecule has 0 unspecified atom stereocenters. The normalized spacial score (nSPS) is 12.2. The van der Waals surface area contributed by atoms with E-state index in [1.807, 2.05) is 31.2 Å². The number of nitrogens with one attached hydrogen (secondary N) is 1. The molecule has 19 heavy (non-hydrogen) atoms. The molecule has 0 aliphatic rings. The highest BCUT2D eigenvalue weighted by atomic mass is 35.5. The second kappa shape index (κ2) is 5.32. The van der Waals surface area contributed by atoms with Gasteiger partial charge in [0.1, 0.15) is 11.9 Å². The molecule has 0 spiro atoms. The number of para-hydroxylation sites is 1. The van der Waals surface area contributed by atoms with Crippen LogP contribution in [0.1, 0.15) is 12.6 Å². The molecule has 1 aromatic heterocycles. The highest BCUT2D eigenvalue weighted by Crippen LogP contribution is 2.22. The van der Waals surface area contributed by atoms with Gasteiger partial charge in [-0.15, -0.1) is 0 Å². The molecule has 1 atom stereocenters. The van der Waals surface area contributed by atoms with Crippen LogP contribution in [-0.4, -0.2) is 21.7 Å². The summed E-state index contributed by atoms with van der Waals surface area (Å²) in [5.74, 6) is 0.161. The first kappa shape index (κ1) is 13.4. The third kappa shape index (κ3) is 2.88. The van der Waals surface area contributed by atoms with Gasteiger partial charge in [0, 0.05) is 11.8 Å². The number of halogens is 1. The number of nitrogens with two attached hydrogens (primary N) is 1. The lowest BCUT2D eigenvalue weighted by Gasteiger charge is -2.08. The summed E-state index contributed by atoms with van der Waals surface area (Å²) in [5, 5.41) is 7.93. The van der Waals surface area contributed by atoms with E-state index in [0.717, 1.165) is 11.4 Å². The molecule has 0 saturated heterocycles. The van der Waals surface area contributed by atoms with Crippen LogP contribution in [0.5, 0.6) is 0 Å². The number of amides is 1. The molecule has 6 heteroatoms. The van der Waals surface area contributed by atoms with Crippen LogP contribution in [0.25, 0.3) is 5.69 Å². The summed E-state index contributed by atoms with van der Waals surface area (Å²) in [6.07, 6.45) is 0. The van der Waals surface area contributed by atoms with Crippen molar-refractivity contribution >= 4 is 23.3 Å². The van der Waals surface area contributed by atoms with Crippen LogP contribution in [0.15, 0.2) is 30.3 Å². The Morgan fingerprint density at radius 2 is 2.16 bits per heavy atom. The number of hydrogen-bond donors (Lipinski definition) is 2. The fourth-order valence-corrected chi connectivity index (χ4v) is 1.92. The summed E-state index contributed by atoms with van der Waals surface area (Å²) in [6, 6.07) is 8.79. The van der Waals surface area contributed by atoms with Crippen molar-refractivity contribution in [3.8, 4) is 5.69 Å². The smallest absolute Gasteiger partial charge is 0.239 e. The summed E-state index contributed by atoms with van der Waals surface area (Å²) in [5.41, 5.74) is 6.91. The number of nitrogens with zero attached hydrogens (tertiary/aromatic N) is 2. The molecule has 1 amide bonds. The molecule has 2 rings (SSSR count). The maximum atomic E-state index is 11.0. The molecule has 0 bridgehead atoms. The van der Waals surface area contributed by atoms with Crippen molar-refractivity contribution in [2.45, 2.75) is 19.9 Å². The van der Waals surface area contributed by atoms with Crippen molar-refractivity contribution < 1.29 is 4.79 Å². The van der Waals surface area contributed by atoms with E-state index >= 15 is 0 Å². The number of rotatable bonds is 4. The largest absolute Gasteiger partial charge is 0.368 e. The van der Waals surface area contributed by atoms with Crippen molar-refractivity contribution in [2.75, 3.05) is 5.32 Å². The van der Waals surface area contributed by atoms with E-state index in [1.165, 1.54) is 0 Å². The number of anilines is 1. The fourth-order valence-electron chi connectivity index (χ4n) is 1.71. The molecule has 2 aromatic rings. The molecular formula is C13H15ClN4O. The Labute approximate surface area is 116 Å². The van der Waals surface area contributed by atoms with Crippen LogP contribution in [0, 0.1) is 6.92 Å². The third-order valence-corrected chi connectivity index (χ3v) is 3.08. The lowest BCUT2D eigenvalue weighted by molar-refractivity contribution is -0.118. The van der Waals surface area contributed by atoms with Gasteiger partial charge in [0.15, 0.2) is 0 Å². The zero-order valence-corrected chi connectivity index (χ0v) is 11.5. The SMILES string of the molecule is Cc1cc(N[C@H](C)C(N)=O)nn1-c1ccccc1Cl. The predicted molar refractivity (Wildman–Crippen MR) is 75.6 cm³/mol. The zero-order chi connectivity index (χ0) is 14.0. The minimum Gasteiger partial charge on any atom is -0.368 e. The molecule has 1 heterocycles. The van der Waals surface area contributed by atoms with Crippen molar-refractivity contribution in [2.24, 2.45) is 5.73 Å². The molecular weight excluding hydrogens is 264 g/mol. The quantitative estimate of drug-likeness (QED) is 0.900. The molecule has 0 fully saturated rings. The van der Waals surface area contributed by atoms with Crippen LogP contribution in [-0.2, 0) is 4.79 Å². The van der Waals surface area contributed by atoms with Gasteiger partial charge in [-0.25, -0.2) is 4.68 Å². The number of benzene rings is 1. The Morgan fingerprint density at radius 3 is 2.79 bits per heavy atom. The van der Waals surface area contributed by atoms with E-state index < -0.39 is 11.9 Å². The number of carbonyl (C=O) groups is 1. The molecule has 0 aliphatic heterocycles. The summed E-state index contributed by atoms with van der Waals surface area (Å²) < 4.78 is 1.72. The molecule has 0 radical (unpaired) electrons. The second-order valence-electron chi connectivity index (χ2n) is 4.30. The Bertz CT molecular complexity index is 608. The highest BCUT2D eigenvalue weighted by Gasteiger charge is 2.13. The van der Waals surface area contributed by atoms with E-state index in [9.17, 15) is 4.79 Å². The van der Waals surface area contributed by atoms with Crippen LogP contribution in [0.2, 0.25) is 5.02 Å². The molecule has 100 valence electrons. The van der Waals surface area contributed by atoms with Gasteiger partial charge in [0.25, 0.3) is 0 Å². The lowest BCUT2D eigenvalue weighted by Crippen LogP contribution is -2.32. The number of hydrogen-bond acceptors (Lipinski definition) is 3. The van der Waals surface area contributed by atoms with Crippen LogP contribution in [0.3, 0.4) is 0 Å². The summed E-state index contributed by atoms with van der Waals surface area (Å²) in [7, 11) is 0. The van der Waals surface area contributed by atoms with Gasteiger partial charge in [0.05, 0.1) is 10.7 Å². The molecule has 1 aromatic carbocycles. The average Bonchev–Trinajstić information content (AvgIpc) is 2.70. The molecule has 5 nitrogen and oxygen atoms in total. The van der Waals surface area contributed by atoms with E-state index in [4.69, 9.17) is 17.3 Å². The van der Waals surface area contributed by atoms with E-state index in [1.54, 1.807) is 17.7 Å². The standard InChI is InChI=1S/C13H15ClN4O/c1-8-7-12(16-9(2)13(15)19)17-18(8)11-6-4-3-5-10(11)14/h3-7,9H,1-2H3,(H2,15,19)(H,16,17)/t9-/m1/s1. The minimum atomic E-state index is -0.478. The third-order valence-electron chi connectivity index (χ3n) is 2.76. The van der Waals surface area contributed by atoms with E-state index in [0.29, 0.717) is 10.8 Å². The van der Waals surface area contributed by atoms with E-state index in [2.05, 4.69) is 10.4 Å². The van der Waals surface area contributed by atoms with Crippen LogP contribution in [0.4, 0.5) is 5.82 Å².